The van der Waals surface area contributed by atoms with Crippen LogP contribution in [0.25, 0.3) is 0 Å². The molecular formula is C36H53N4O8P. The van der Waals surface area contributed by atoms with Crippen molar-refractivity contribution < 1.29 is 38.1 Å². The zero-order chi connectivity index (χ0) is 35.9. The van der Waals surface area contributed by atoms with E-state index in [1.807, 2.05) is 19.1 Å². The Morgan fingerprint density at radius 2 is 1.90 bits per heavy atom. The number of hydrogen-bond donors (Lipinski definition) is 3. The number of rotatable bonds is 5. The topological polar surface area (TPSA) is 155 Å². The number of aryl methyl sites for hydroxylation is 1. The highest BCUT2D eigenvalue weighted by Gasteiger charge is 2.66. The van der Waals surface area contributed by atoms with Crippen molar-refractivity contribution in [1.29, 1.82) is 0 Å². The van der Waals surface area contributed by atoms with E-state index in [0.717, 1.165) is 36.8 Å². The van der Waals surface area contributed by atoms with Crippen LogP contribution in [0.3, 0.4) is 0 Å². The van der Waals surface area contributed by atoms with Crippen LogP contribution < -0.4 is 10.6 Å². The van der Waals surface area contributed by atoms with Gasteiger partial charge in [-0.25, -0.2) is 9.59 Å². The van der Waals surface area contributed by atoms with Gasteiger partial charge in [0.15, 0.2) is 0 Å². The average molecular weight is 701 g/mol. The highest BCUT2D eigenvalue weighted by atomic mass is 31.2. The minimum absolute atomic E-state index is 0.0135. The Bertz CT molecular complexity index is 1520. The van der Waals surface area contributed by atoms with E-state index in [-0.39, 0.29) is 31.9 Å². The number of nitrogens with zero attached hydrogens (tertiary/aromatic N) is 2. The number of carbonyl (C=O) groups excluding carboxylic acids is 4. The van der Waals surface area contributed by atoms with Crippen molar-refractivity contribution >= 4 is 31.4 Å². The summed E-state index contributed by atoms with van der Waals surface area (Å²) in [4.78, 5) is 69.3. The number of alkyl carbamates (subject to hydrolysis) is 1. The summed E-state index contributed by atoms with van der Waals surface area (Å²) in [5.41, 5.74) is 2.00. The van der Waals surface area contributed by atoms with Gasteiger partial charge in [0.05, 0.1) is 13.2 Å². The van der Waals surface area contributed by atoms with Crippen molar-refractivity contribution in [2.24, 2.45) is 17.3 Å². The van der Waals surface area contributed by atoms with Gasteiger partial charge >= 0.3 is 12.2 Å². The van der Waals surface area contributed by atoms with Gasteiger partial charge < -0.3 is 29.9 Å². The van der Waals surface area contributed by atoms with Crippen LogP contribution in [-0.2, 0) is 43.1 Å². The monoisotopic (exact) mass is 700 g/mol. The van der Waals surface area contributed by atoms with Gasteiger partial charge in [0.1, 0.15) is 23.5 Å². The number of cyclic esters (lactones) is 1. The van der Waals surface area contributed by atoms with E-state index in [1.165, 1.54) is 10.5 Å². The van der Waals surface area contributed by atoms with Crippen LogP contribution in [-0.4, -0.2) is 81.0 Å². The quantitative estimate of drug-likeness (QED) is 0.276. The summed E-state index contributed by atoms with van der Waals surface area (Å²) in [6.07, 6.45) is 3.34. The highest BCUT2D eigenvalue weighted by Crippen LogP contribution is 2.71. The van der Waals surface area contributed by atoms with Gasteiger partial charge in [-0.1, -0.05) is 72.2 Å². The van der Waals surface area contributed by atoms with Gasteiger partial charge in [0.25, 0.3) is 0 Å². The lowest BCUT2D eigenvalue weighted by Crippen LogP contribution is -2.58. The number of nitrogens with one attached hydrogen (secondary N) is 2. The SMILES string of the molecule is C=C[C@H]1C[C@]1(NC(=O)[C@@H]1C[C@@H]2CN1C(=O)[C@H](C(C)(C)C)NC(=O)OC[C@H](C)CCCCc1cccc3c1CN(C3)C(=O)O2)P(=O)(O)C(C)C. The summed E-state index contributed by atoms with van der Waals surface area (Å²) in [5, 5.41) is 4.21. The largest absolute Gasteiger partial charge is 0.449 e. The van der Waals surface area contributed by atoms with Crippen molar-refractivity contribution in [1.82, 2.24) is 20.4 Å². The molecule has 0 radical (unpaired) electrons. The van der Waals surface area contributed by atoms with Crippen molar-refractivity contribution in [3.05, 3.63) is 47.5 Å². The molecule has 7 atom stereocenters. The molecule has 1 aliphatic carbocycles. The van der Waals surface area contributed by atoms with Crippen molar-refractivity contribution in [2.75, 3.05) is 13.2 Å². The minimum Gasteiger partial charge on any atom is -0.449 e. The van der Waals surface area contributed by atoms with E-state index in [0.29, 0.717) is 13.1 Å². The second kappa shape index (κ2) is 14.1. The summed E-state index contributed by atoms with van der Waals surface area (Å²) in [6.45, 7) is 15.4. The molecule has 1 aromatic carbocycles. The molecule has 12 nitrogen and oxygen atoms in total. The van der Waals surface area contributed by atoms with Crippen molar-refractivity contribution in [3.63, 3.8) is 0 Å². The third kappa shape index (κ3) is 7.55. The first kappa shape index (κ1) is 36.9. The molecule has 1 saturated heterocycles. The van der Waals surface area contributed by atoms with E-state index in [1.54, 1.807) is 45.6 Å². The third-order valence-corrected chi connectivity index (χ3v) is 13.8. The lowest BCUT2D eigenvalue weighted by molar-refractivity contribution is -0.142. The summed E-state index contributed by atoms with van der Waals surface area (Å²) in [6, 6.07) is 3.93. The zero-order valence-electron chi connectivity index (χ0n) is 29.7. The molecule has 1 saturated carbocycles. The fourth-order valence-electron chi connectivity index (χ4n) is 7.43. The van der Waals surface area contributed by atoms with Gasteiger partial charge in [-0.05, 0) is 53.7 Å². The number of amides is 4. The number of carbonyl (C=O) groups is 4. The summed E-state index contributed by atoms with van der Waals surface area (Å²) < 4.78 is 25.2. The first-order valence-corrected chi connectivity index (χ1v) is 19.3. The molecule has 1 unspecified atom stereocenters. The highest BCUT2D eigenvalue weighted by molar-refractivity contribution is 7.60. The Morgan fingerprint density at radius 3 is 2.55 bits per heavy atom. The Labute approximate surface area is 289 Å². The van der Waals surface area contributed by atoms with Gasteiger partial charge in [-0.15, -0.1) is 6.58 Å². The van der Waals surface area contributed by atoms with E-state index in [9.17, 15) is 28.6 Å². The third-order valence-electron chi connectivity index (χ3n) is 10.6. The maximum absolute atomic E-state index is 14.4. The van der Waals surface area contributed by atoms with Crippen LogP contribution in [0.2, 0.25) is 0 Å². The Morgan fingerprint density at radius 1 is 1.18 bits per heavy atom. The fraction of sp³-hybridized carbons (Fsp3) is 0.667. The molecule has 3 heterocycles. The lowest BCUT2D eigenvalue weighted by Gasteiger charge is -2.36. The molecule has 270 valence electrons. The summed E-state index contributed by atoms with van der Waals surface area (Å²) in [7, 11) is -3.91. The van der Waals surface area contributed by atoms with Gasteiger partial charge in [0.2, 0.25) is 19.2 Å². The molecule has 13 heteroatoms. The molecule has 0 aromatic heterocycles. The second-order valence-electron chi connectivity index (χ2n) is 15.7. The Hall–Kier alpha value is -3.37. The number of benzene rings is 1. The molecule has 5 rings (SSSR count). The van der Waals surface area contributed by atoms with Crippen molar-refractivity contribution in [2.45, 2.75) is 122 Å². The van der Waals surface area contributed by atoms with Crippen LogP contribution in [0, 0.1) is 17.3 Å². The van der Waals surface area contributed by atoms with E-state index < -0.39 is 71.8 Å². The first-order chi connectivity index (χ1) is 23.0. The lowest BCUT2D eigenvalue weighted by atomic mass is 9.85. The van der Waals surface area contributed by atoms with E-state index in [4.69, 9.17) is 9.47 Å². The maximum Gasteiger partial charge on any atom is 0.410 e. The zero-order valence-corrected chi connectivity index (χ0v) is 30.6. The molecule has 4 bridgehead atoms. The predicted octanol–water partition coefficient (Wildman–Crippen LogP) is 5.31. The molecule has 3 N–H and O–H groups in total. The van der Waals surface area contributed by atoms with Gasteiger partial charge in [0, 0.05) is 31.1 Å². The van der Waals surface area contributed by atoms with Crippen molar-refractivity contribution in [3.8, 4) is 0 Å². The molecule has 2 fully saturated rings. The van der Waals surface area contributed by atoms with Crippen LogP contribution in [0.15, 0.2) is 30.9 Å². The molecule has 0 spiro atoms. The number of fused-ring (bicyclic) bond motifs is 3. The number of ether oxygens (including phenoxy) is 2. The number of hydrogen-bond acceptors (Lipinski definition) is 7. The average Bonchev–Trinajstić information content (AvgIpc) is 3.35. The smallest absolute Gasteiger partial charge is 0.410 e. The van der Waals surface area contributed by atoms with Gasteiger partial charge in [-0.3, -0.25) is 19.1 Å². The van der Waals surface area contributed by atoms with Crippen LogP contribution in [0.5, 0.6) is 0 Å². The molecular weight excluding hydrogens is 647 g/mol. The summed E-state index contributed by atoms with van der Waals surface area (Å²) in [5.74, 6) is -1.45. The Balaban J connectivity index is 1.45. The molecule has 3 aliphatic heterocycles. The molecule has 4 aliphatic rings. The fourth-order valence-corrected chi connectivity index (χ4v) is 9.67. The maximum atomic E-state index is 14.4. The summed E-state index contributed by atoms with van der Waals surface area (Å²) >= 11 is 0. The first-order valence-electron chi connectivity index (χ1n) is 17.5. The van der Waals surface area contributed by atoms with Crippen LogP contribution >= 0.6 is 7.37 Å². The van der Waals surface area contributed by atoms with Gasteiger partial charge in [-0.2, -0.15) is 0 Å². The standard InChI is InChI=1S/C36H53N4O8P/c1-8-26-17-36(26,49(45,46)22(2)3)38-31(41)29-16-27-19-40(29)32(42)30(35(5,6)7)37-33(43)47-21-23(4)12-9-10-13-24-14-11-15-25-18-39(20-28(24)25)34(44)48-27/h8,11,14-15,22-23,26-27,29-30H,1,9-10,12-13,16-21H2,2-7H3,(H,37,43)(H,38,41)(H,45,46)/t23-,26+,27-,29+,30-,36+/m1/s1. The van der Waals surface area contributed by atoms with E-state index in [2.05, 4.69) is 23.3 Å². The predicted molar refractivity (Wildman–Crippen MR) is 185 cm³/mol. The molecule has 1 aromatic rings. The molecule has 49 heavy (non-hydrogen) atoms. The normalized spacial score (nSPS) is 30.9. The van der Waals surface area contributed by atoms with E-state index >= 15 is 0 Å². The second-order valence-corrected chi connectivity index (χ2v) is 18.8. The van der Waals surface area contributed by atoms with Crippen LogP contribution in [0.4, 0.5) is 9.59 Å². The van der Waals surface area contributed by atoms with Crippen LogP contribution in [0.1, 0.15) is 90.3 Å². The Kier molecular flexibility index (Phi) is 10.6. The molecule has 4 amide bonds. The minimum atomic E-state index is -3.91.